The van der Waals surface area contributed by atoms with Crippen LogP contribution in [0.1, 0.15) is 10.4 Å². The van der Waals surface area contributed by atoms with Gasteiger partial charge < -0.3 is 16.8 Å². The van der Waals surface area contributed by atoms with Crippen molar-refractivity contribution < 1.29 is 4.79 Å². The normalized spacial score (nSPS) is 10.2. The summed E-state index contributed by atoms with van der Waals surface area (Å²) < 4.78 is 0.856. The molecule has 98 valence electrons. The van der Waals surface area contributed by atoms with Crippen molar-refractivity contribution in [3.63, 3.8) is 0 Å². The molecule has 0 radical (unpaired) electrons. The second-order valence-electron chi connectivity index (χ2n) is 3.92. The van der Waals surface area contributed by atoms with Crippen molar-refractivity contribution in [3.8, 4) is 0 Å². The van der Waals surface area contributed by atoms with E-state index in [2.05, 4.69) is 21.2 Å². The predicted octanol–water partition coefficient (Wildman–Crippen LogP) is 3.53. The highest BCUT2D eigenvalue weighted by atomic mass is 79.9. The highest BCUT2D eigenvalue weighted by molar-refractivity contribution is 9.10. The zero-order valence-electron chi connectivity index (χ0n) is 9.78. The molecule has 0 atom stereocenters. The molecule has 0 saturated carbocycles. The molecule has 2 aromatic rings. The topological polar surface area (TPSA) is 81.1 Å². The molecule has 2 rings (SSSR count). The summed E-state index contributed by atoms with van der Waals surface area (Å²) in [5.74, 6) is -0.564. The smallest absolute Gasteiger partial charge is 0.250 e. The molecule has 0 aliphatic carbocycles. The van der Waals surface area contributed by atoms with Gasteiger partial charge in [-0.3, -0.25) is 4.79 Å². The van der Waals surface area contributed by atoms with Gasteiger partial charge in [-0.05, 0) is 52.3 Å². The van der Waals surface area contributed by atoms with Crippen molar-refractivity contribution in [1.29, 1.82) is 0 Å². The molecule has 0 aliphatic rings. The minimum absolute atomic E-state index is 0.281. The SMILES string of the molecule is NC(=O)c1cc(Nc2cc(Cl)ccc2Br)ccc1N. The van der Waals surface area contributed by atoms with Crippen LogP contribution in [0.25, 0.3) is 0 Å². The Balaban J connectivity index is 2.36. The molecule has 0 aromatic heterocycles. The third kappa shape index (κ3) is 3.19. The lowest BCUT2D eigenvalue weighted by Gasteiger charge is -2.11. The maximum absolute atomic E-state index is 11.2. The number of benzene rings is 2. The van der Waals surface area contributed by atoms with Gasteiger partial charge in [0.25, 0.3) is 5.91 Å². The molecule has 0 heterocycles. The van der Waals surface area contributed by atoms with Crippen LogP contribution in [-0.4, -0.2) is 5.91 Å². The number of carbonyl (C=O) groups excluding carboxylic acids is 1. The molecule has 0 bridgehead atoms. The number of amides is 1. The van der Waals surface area contributed by atoms with Gasteiger partial charge in [0, 0.05) is 20.9 Å². The van der Waals surface area contributed by atoms with Crippen LogP contribution in [0.4, 0.5) is 17.1 Å². The van der Waals surface area contributed by atoms with Crippen LogP contribution in [0.2, 0.25) is 5.02 Å². The Morgan fingerprint density at radius 2 is 1.95 bits per heavy atom. The van der Waals surface area contributed by atoms with Crippen LogP contribution in [0.15, 0.2) is 40.9 Å². The lowest BCUT2D eigenvalue weighted by Crippen LogP contribution is -2.13. The van der Waals surface area contributed by atoms with Gasteiger partial charge in [0.2, 0.25) is 0 Å². The number of hydrogen-bond acceptors (Lipinski definition) is 3. The molecule has 4 nitrogen and oxygen atoms in total. The number of hydrogen-bond donors (Lipinski definition) is 3. The summed E-state index contributed by atoms with van der Waals surface area (Å²) in [5, 5.41) is 3.75. The molecule has 0 unspecified atom stereocenters. The summed E-state index contributed by atoms with van der Waals surface area (Å²) in [6.07, 6.45) is 0. The Labute approximate surface area is 123 Å². The van der Waals surface area contributed by atoms with E-state index in [-0.39, 0.29) is 5.56 Å². The lowest BCUT2D eigenvalue weighted by molar-refractivity contribution is 0.100. The second kappa shape index (κ2) is 5.50. The van der Waals surface area contributed by atoms with Gasteiger partial charge in [-0.15, -0.1) is 0 Å². The van der Waals surface area contributed by atoms with E-state index < -0.39 is 5.91 Å². The van der Waals surface area contributed by atoms with E-state index in [4.69, 9.17) is 23.1 Å². The Morgan fingerprint density at radius 1 is 1.21 bits per heavy atom. The van der Waals surface area contributed by atoms with E-state index in [0.717, 1.165) is 10.2 Å². The van der Waals surface area contributed by atoms with Gasteiger partial charge in [0.15, 0.2) is 0 Å². The largest absolute Gasteiger partial charge is 0.398 e. The van der Waals surface area contributed by atoms with E-state index in [1.54, 1.807) is 30.3 Å². The summed E-state index contributed by atoms with van der Waals surface area (Å²) in [6.45, 7) is 0. The zero-order chi connectivity index (χ0) is 14.0. The predicted molar refractivity (Wildman–Crippen MR) is 81.8 cm³/mol. The Bertz CT molecular complexity index is 646. The van der Waals surface area contributed by atoms with Crippen LogP contribution in [0, 0.1) is 0 Å². The Kier molecular flexibility index (Phi) is 3.97. The third-order valence-corrected chi connectivity index (χ3v) is 3.45. The standard InChI is InChI=1S/C13H11BrClN3O/c14-10-3-1-7(15)5-12(10)18-8-2-4-11(16)9(6-8)13(17)19/h1-6,18H,16H2,(H2,17,19). The molecule has 0 fully saturated rings. The van der Waals surface area contributed by atoms with E-state index in [9.17, 15) is 4.79 Å². The average Bonchev–Trinajstić information content (AvgIpc) is 2.36. The quantitative estimate of drug-likeness (QED) is 0.748. The number of nitrogens with two attached hydrogens (primary N) is 2. The first-order chi connectivity index (χ1) is 8.97. The summed E-state index contributed by atoms with van der Waals surface area (Å²) in [5.41, 5.74) is 13.0. The highest BCUT2D eigenvalue weighted by Gasteiger charge is 2.08. The fraction of sp³-hybridized carbons (Fsp3) is 0. The molecule has 19 heavy (non-hydrogen) atoms. The maximum Gasteiger partial charge on any atom is 0.250 e. The molecule has 2 aromatic carbocycles. The van der Waals surface area contributed by atoms with Gasteiger partial charge in [-0.1, -0.05) is 11.6 Å². The van der Waals surface area contributed by atoms with Crippen molar-refractivity contribution >= 4 is 50.5 Å². The average molecular weight is 341 g/mol. The minimum Gasteiger partial charge on any atom is -0.398 e. The summed E-state index contributed by atoms with van der Waals surface area (Å²) in [7, 11) is 0. The molecule has 5 N–H and O–H groups in total. The van der Waals surface area contributed by atoms with E-state index in [1.165, 1.54) is 0 Å². The molecule has 0 saturated heterocycles. The van der Waals surface area contributed by atoms with Crippen LogP contribution >= 0.6 is 27.5 Å². The number of carbonyl (C=O) groups is 1. The molecule has 0 aliphatic heterocycles. The molecular formula is C13H11BrClN3O. The first-order valence-electron chi connectivity index (χ1n) is 5.39. The van der Waals surface area contributed by atoms with Crippen molar-refractivity contribution in [1.82, 2.24) is 0 Å². The molecular weight excluding hydrogens is 330 g/mol. The van der Waals surface area contributed by atoms with Crippen LogP contribution in [0.3, 0.4) is 0 Å². The number of nitrogens with one attached hydrogen (secondary N) is 1. The molecule has 0 spiro atoms. The van der Waals surface area contributed by atoms with Gasteiger partial charge in [0.05, 0.1) is 11.3 Å². The van der Waals surface area contributed by atoms with Gasteiger partial charge >= 0.3 is 0 Å². The van der Waals surface area contributed by atoms with Crippen molar-refractivity contribution in [3.05, 3.63) is 51.5 Å². The van der Waals surface area contributed by atoms with Crippen molar-refractivity contribution in [2.45, 2.75) is 0 Å². The number of anilines is 3. The number of primary amides is 1. The van der Waals surface area contributed by atoms with E-state index >= 15 is 0 Å². The Hall–Kier alpha value is -1.72. The maximum atomic E-state index is 11.2. The van der Waals surface area contributed by atoms with Crippen molar-refractivity contribution in [2.75, 3.05) is 11.1 Å². The lowest BCUT2D eigenvalue weighted by atomic mass is 10.1. The second-order valence-corrected chi connectivity index (χ2v) is 5.21. The third-order valence-electron chi connectivity index (χ3n) is 2.53. The fourth-order valence-corrected chi connectivity index (χ4v) is 2.11. The summed E-state index contributed by atoms with van der Waals surface area (Å²) >= 11 is 9.35. The first kappa shape index (κ1) is 13.7. The number of nitrogen functional groups attached to an aromatic ring is 1. The van der Waals surface area contributed by atoms with Crippen molar-refractivity contribution in [2.24, 2.45) is 5.73 Å². The first-order valence-corrected chi connectivity index (χ1v) is 6.56. The Morgan fingerprint density at radius 3 is 2.63 bits per heavy atom. The molecule has 1 amide bonds. The van der Waals surface area contributed by atoms with Gasteiger partial charge in [-0.25, -0.2) is 0 Å². The van der Waals surface area contributed by atoms with Crippen LogP contribution < -0.4 is 16.8 Å². The van der Waals surface area contributed by atoms with E-state index in [1.807, 2.05) is 6.07 Å². The number of rotatable bonds is 3. The van der Waals surface area contributed by atoms with E-state index in [0.29, 0.717) is 16.4 Å². The van der Waals surface area contributed by atoms with Gasteiger partial charge in [-0.2, -0.15) is 0 Å². The van der Waals surface area contributed by atoms with Crippen LogP contribution in [-0.2, 0) is 0 Å². The van der Waals surface area contributed by atoms with Gasteiger partial charge in [0.1, 0.15) is 0 Å². The monoisotopic (exact) mass is 339 g/mol. The highest BCUT2D eigenvalue weighted by Crippen LogP contribution is 2.29. The summed E-state index contributed by atoms with van der Waals surface area (Å²) in [4.78, 5) is 11.2. The minimum atomic E-state index is -0.564. The summed E-state index contributed by atoms with van der Waals surface area (Å²) in [6, 6.07) is 10.4. The van der Waals surface area contributed by atoms with Crippen LogP contribution in [0.5, 0.6) is 0 Å². The zero-order valence-corrected chi connectivity index (χ0v) is 12.1. The molecule has 6 heteroatoms. The fourth-order valence-electron chi connectivity index (χ4n) is 1.60. The number of halogens is 2.